The van der Waals surface area contributed by atoms with Crippen molar-refractivity contribution >= 4 is 22.3 Å². The highest BCUT2D eigenvalue weighted by Crippen LogP contribution is 2.04. The Kier molecular flexibility index (Phi) is 4.39. The molecule has 0 bridgehead atoms. The summed E-state index contributed by atoms with van der Waals surface area (Å²) in [7, 11) is -0.720. The molecule has 0 aliphatic carbocycles. The van der Waals surface area contributed by atoms with Crippen LogP contribution in [0.3, 0.4) is 0 Å². The largest absolute Gasteiger partial charge is 0.397 e. The van der Waals surface area contributed by atoms with Crippen LogP contribution in [0.2, 0.25) is 0 Å². The van der Waals surface area contributed by atoms with Crippen LogP contribution in [0.1, 0.15) is 6.92 Å². The Bertz CT molecular complexity index is 299. The van der Waals surface area contributed by atoms with E-state index in [0.717, 1.165) is 5.82 Å². The number of nitrogens with two attached hydrogens (primary N) is 1. The Morgan fingerprint density at radius 2 is 2.36 bits per heavy atom. The summed E-state index contributed by atoms with van der Waals surface area (Å²) in [5.41, 5.74) is 6.13. The van der Waals surface area contributed by atoms with E-state index in [2.05, 4.69) is 10.3 Å². The Morgan fingerprint density at radius 1 is 1.57 bits per heavy atom. The van der Waals surface area contributed by atoms with E-state index in [0.29, 0.717) is 23.7 Å². The van der Waals surface area contributed by atoms with Crippen molar-refractivity contribution in [2.75, 3.05) is 29.1 Å². The van der Waals surface area contributed by atoms with Gasteiger partial charge in [-0.15, -0.1) is 0 Å². The van der Waals surface area contributed by atoms with Gasteiger partial charge in [-0.2, -0.15) is 0 Å². The molecule has 4 nitrogen and oxygen atoms in total. The Morgan fingerprint density at radius 3 is 2.93 bits per heavy atom. The van der Waals surface area contributed by atoms with Gasteiger partial charge >= 0.3 is 0 Å². The second-order valence-electron chi connectivity index (χ2n) is 2.84. The van der Waals surface area contributed by atoms with Gasteiger partial charge < -0.3 is 11.1 Å². The lowest BCUT2D eigenvalue weighted by Crippen LogP contribution is -2.12. The van der Waals surface area contributed by atoms with Crippen molar-refractivity contribution < 1.29 is 4.21 Å². The van der Waals surface area contributed by atoms with Crippen LogP contribution in [0.15, 0.2) is 18.3 Å². The number of hydrogen-bond donors (Lipinski definition) is 2. The fourth-order valence-electron chi connectivity index (χ4n) is 0.947. The van der Waals surface area contributed by atoms with Crippen molar-refractivity contribution in [1.29, 1.82) is 0 Å². The summed E-state index contributed by atoms with van der Waals surface area (Å²) >= 11 is 0. The van der Waals surface area contributed by atoms with Gasteiger partial charge in [0.1, 0.15) is 5.82 Å². The molecule has 0 amide bonds. The summed E-state index contributed by atoms with van der Waals surface area (Å²) in [6.45, 7) is 2.59. The summed E-state index contributed by atoms with van der Waals surface area (Å²) in [6, 6.07) is 3.59. The number of nitrogens with one attached hydrogen (secondary N) is 1. The Hall–Kier alpha value is -1.10. The van der Waals surface area contributed by atoms with E-state index in [-0.39, 0.29) is 0 Å². The third-order valence-electron chi connectivity index (χ3n) is 1.74. The highest BCUT2D eigenvalue weighted by Gasteiger charge is 1.96. The first-order valence-electron chi connectivity index (χ1n) is 4.52. The maximum absolute atomic E-state index is 11.1. The highest BCUT2D eigenvalue weighted by atomic mass is 32.2. The molecule has 0 saturated heterocycles. The first kappa shape index (κ1) is 11.0. The molecule has 0 aliphatic heterocycles. The van der Waals surface area contributed by atoms with Crippen LogP contribution >= 0.6 is 0 Å². The highest BCUT2D eigenvalue weighted by molar-refractivity contribution is 7.84. The Balaban J connectivity index is 2.31. The lowest BCUT2D eigenvalue weighted by Gasteiger charge is -2.04. The SMILES string of the molecule is CCS(=O)CCNc1ccc(N)cn1. The van der Waals surface area contributed by atoms with Crippen LogP contribution in [0.25, 0.3) is 0 Å². The molecular weight excluding hydrogens is 198 g/mol. The topological polar surface area (TPSA) is 68.0 Å². The van der Waals surface area contributed by atoms with Crippen LogP contribution in [-0.4, -0.2) is 27.2 Å². The van der Waals surface area contributed by atoms with Crippen molar-refractivity contribution in [2.45, 2.75) is 6.92 Å². The number of nitrogens with zero attached hydrogens (tertiary/aromatic N) is 1. The molecule has 78 valence electrons. The van der Waals surface area contributed by atoms with E-state index >= 15 is 0 Å². The van der Waals surface area contributed by atoms with Gasteiger partial charge in [-0.1, -0.05) is 6.92 Å². The fourth-order valence-corrected chi connectivity index (χ4v) is 1.57. The zero-order valence-corrected chi connectivity index (χ0v) is 9.01. The lowest BCUT2D eigenvalue weighted by atomic mass is 10.4. The first-order valence-corrected chi connectivity index (χ1v) is 6.01. The molecule has 5 heteroatoms. The predicted octanol–water partition coefficient (Wildman–Crippen LogP) is 0.844. The second kappa shape index (κ2) is 5.59. The average Bonchev–Trinajstić information content (AvgIpc) is 2.21. The molecular formula is C9H15N3OS. The van der Waals surface area contributed by atoms with Gasteiger partial charge in [0.25, 0.3) is 0 Å². The van der Waals surface area contributed by atoms with Crippen LogP contribution < -0.4 is 11.1 Å². The fraction of sp³-hybridized carbons (Fsp3) is 0.444. The van der Waals surface area contributed by atoms with Crippen molar-refractivity contribution in [2.24, 2.45) is 0 Å². The smallest absolute Gasteiger partial charge is 0.126 e. The third kappa shape index (κ3) is 3.74. The van der Waals surface area contributed by atoms with E-state index in [9.17, 15) is 4.21 Å². The number of aromatic nitrogens is 1. The summed E-state index contributed by atoms with van der Waals surface area (Å²) in [5, 5.41) is 3.08. The van der Waals surface area contributed by atoms with Crippen LogP contribution in [0.4, 0.5) is 11.5 Å². The van der Waals surface area contributed by atoms with Gasteiger partial charge in [0.2, 0.25) is 0 Å². The standard InChI is InChI=1S/C9H15N3OS/c1-2-14(13)6-5-11-9-4-3-8(10)7-12-9/h3-4,7H,2,5-6,10H2,1H3,(H,11,12). The molecule has 0 fully saturated rings. The molecule has 0 saturated carbocycles. The van der Waals surface area contributed by atoms with Gasteiger partial charge in [-0.25, -0.2) is 4.98 Å². The second-order valence-corrected chi connectivity index (χ2v) is 4.70. The predicted molar refractivity (Wildman–Crippen MR) is 60.7 cm³/mol. The van der Waals surface area contributed by atoms with Crippen LogP contribution in [-0.2, 0) is 10.8 Å². The van der Waals surface area contributed by atoms with Crippen molar-refractivity contribution in [1.82, 2.24) is 4.98 Å². The molecule has 1 heterocycles. The molecule has 14 heavy (non-hydrogen) atoms. The minimum absolute atomic E-state index is 0.646. The summed E-state index contributed by atoms with van der Waals surface area (Å²) in [6.07, 6.45) is 1.60. The normalized spacial score (nSPS) is 12.4. The summed E-state index contributed by atoms with van der Waals surface area (Å²) < 4.78 is 11.1. The van der Waals surface area contributed by atoms with Crippen LogP contribution in [0.5, 0.6) is 0 Å². The Labute approximate surface area is 86.4 Å². The van der Waals surface area contributed by atoms with Gasteiger partial charge in [0.05, 0.1) is 11.9 Å². The monoisotopic (exact) mass is 213 g/mol. The number of pyridine rings is 1. The van der Waals surface area contributed by atoms with Gasteiger partial charge in [-0.3, -0.25) is 4.21 Å². The molecule has 0 spiro atoms. The molecule has 1 aromatic rings. The number of anilines is 2. The van der Waals surface area contributed by atoms with Gasteiger partial charge in [0, 0.05) is 28.9 Å². The molecule has 1 rings (SSSR count). The molecule has 1 unspecified atom stereocenters. The molecule has 1 atom stereocenters. The number of rotatable bonds is 5. The quantitative estimate of drug-likeness (QED) is 0.760. The zero-order chi connectivity index (χ0) is 10.4. The molecule has 1 aromatic heterocycles. The molecule has 0 aromatic carbocycles. The van der Waals surface area contributed by atoms with E-state index in [4.69, 9.17) is 5.73 Å². The van der Waals surface area contributed by atoms with E-state index in [1.54, 1.807) is 12.3 Å². The van der Waals surface area contributed by atoms with Crippen molar-refractivity contribution in [3.8, 4) is 0 Å². The van der Waals surface area contributed by atoms with Gasteiger partial charge in [-0.05, 0) is 12.1 Å². The van der Waals surface area contributed by atoms with E-state index < -0.39 is 10.8 Å². The maximum Gasteiger partial charge on any atom is 0.126 e. The maximum atomic E-state index is 11.1. The number of hydrogen-bond acceptors (Lipinski definition) is 4. The third-order valence-corrected chi connectivity index (χ3v) is 3.05. The average molecular weight is 213 g/mol. The molecule has 3 N–H and O–H groups in total. The minimum atomic E-state index is -0.720. The van der Waals surface area contributed by atoms with E-state index in [1.807, 2.05) is 13.0 Å². The summed E-state index contributed by atoms with van der Waals surface area (Å²) in [4.78, 5) is 4.07. The lowest BCUT2D eigenvalue weighted by molar-refractivity contribution is 0.684. The van der Waals surface area contributed by atoms with Crippen molar-refractivity contribution in [3.63, 3.8) is 0 Å². The first-order chi connectivity index (χ1) is 6.72. The minimum Gasteiger partial charge on any atom is -0.397 e. The van der Waals surface area contributed by atoms with Crippen molar-refractivity contribution in [3.05, 3.63) is 18.3 Å². The van der Waals surface area contributed by atoms with Crippen LogP contribution in [0, 0.1) is 0 Å². The molecule has 0 radical (unpaired) electrons. The van der Waals surface area contributed by atoms with Gasteiger partial charge in [0.15, 0.2) is 0 Å². The number of nitrogen functional groups attached to an aromatic ring is 1. The van der Waals surface area contributed by atoms with E-state index in [1.165, 1.54) is 0 Å². The molecule has 0 aliphatic rings. The zero-order valence-electron chi connectivity index (χ0n) is 8.19. The summed E-state index contributed by atoms with van der Waals surface area (Å²) in [5.74, 6) is 2.13.